The number of carbonyl (C=O) groups is 3. The molecule has 1 aliphatic heterocycles. The lowest BCUT2D eigenvalue weighted by Gasteiger charge is -2.24. The second kappa shape index (κ2) is 10.3. The van der Waals surface area contributed by atoms with Crippen molar-refractivity contribution < 1.29 is 19.1 Å². The van der Waals surface area contributed by atoms with Crippen LogP contribution in [0.5, 0.6) is 0 Å². The number of hydrogen-bond donors (Lipinski definition) is 1. The zero-order chi connectivity index (χ0) is 21.5. The monoisotopic (exact) mass is 426 g/mol. The summed E-state index contributed by atoms with van der Waals surface area (Å²) in [5.74, 6) is -0.0885. The highest BCUT2D eigenvalue weighted by Crippen LogP contribution is 2.42. The fourth-order valence-electron chi connectivity index (χ4n) is 3.25. The molecule has 3 rings (SSSR count). The Morgan fingerprint density at radius 1 is 1.07 bits per heavy atom. The zero-order valence-corrected chi connectivity index (χ0v) is 18.0. The number of aryl methyl sites for hydroxylation is 1. The van der Waals surface area contributed by atoms with Crippen molar-refractivity contribution in [1.82, 2.24) is 0 Å². The number of esters is 1. The lowest BCUT2D eigenvalue weighted by atomic mass is 10.1. The minimum Gasteiger partial charge on any atom is -0.466 e. The molecule has 1 saturated heterocycles. The molecule has 158 valence electrons. The van der Waals surface area contributed by atoms with Crippen LogP contribution in [0, 0.1) is 0 Å². The number of carbonyl (C=O) groups excluding carboxylic acids is 3. The van der Waals surface area contributed by atoms with Crippen LogP contribution in [0.15, 0.2) is 48.5 Å². The summed E-state index contributed by atoms with van der Waals surface area (Å²) in [5, 5.41) is 2.69. The average molecular weight is 427 g/mol. The molecular weight excluding hydrogens is 400 g/mol. The highest BCUT2D eigenvalue weighted by Gasteiger charge is 2.33. The Morgan fingerprint density at radius 2 is 1.77 bits per heavy atom. The lowest BCUT2D eigenvalue weighted by Crippen LogP contribution is -2.27. The van der Waals surface area contributed by atoms with Crippen LogP contribution in [-0.2, 0) is 25.5 Å². The van der Waals surface area contributed by atoms with E-state index >= 15 is 0 Å². The van der Waals surface area contributed by atoms with E-state index in [1.807, 2.05) is 41.3 Å². The van der Waals surface area contributed by atoms with Crippen molar-refractivity contribution in [2.24, 2.45) is 0 Å². The molecule has 30 heavy (non-hydrogen) atoms. The van der Waals surface area contributed by atoms with Crippen molar-refractivity contribution in [1.29, 1.82) is 0 Å². The third-order valence-electron chi connectivity index (χ3n) is 4.83. The predicted octanol–water partition coefficient (Wildman–Crippen LogP) is 4.31. The van der Waals surface area contributed by atoms with E-state index < -0.39 is 0 Å². The Labute approximate surface area is 181 Å². The highest BCUT2D eigenvalue weighted by atomic mass is 32.2. The maximum absolute atomic E-state index is 12.5. The number of anilines is 2. The molecule has 2 amide bonds. The summed E-state index contributed by atoms with van der Waals surface area (Å²) in [5.41, 5.74) is 3.77. The van der Waals surface area contributed by atoms with Gasteiger partial charge in [-0.2, -0.15) is 0 Å². The van der Waals surface area contributed by atoms with Crippen LogP contribution in [0.1, 0.15) is 43.2 Å². The smallest absolute Gasteiger partial charge is 0.306 e. The number of amides is 2. The molecule has 1 fully saturated rings. The van der Waals surface area contributed by atoms with Gasteiger partial charge < -0.3 is 10.1 Å². The van der Waals surface area contributed by atoms with Crippen molar-refractivity contribution in [3.05, 3.63) is 59.7 Å². The van der Waals surface area contributed by atoms with Gasteiger partial charge in [-0.1, -0.05) is 31.2 Å². The molecule has 0 saturated carbocycles. The largest absolute Gasteiger partial charge is 0.466 e. The van der Waals surface area contributed by atoms with Gasteiger partial charge >= 0.3 is 5.97 Å². The van der Waals surface area contributed by atoms with Gasteiger partial charge in [0, 0.05) is 17.8 Å². The number of benzene rings is 2. The zero-order valence-electron chi connectivity index (χ0n) is 17.2. The lowest BCUT2D eigenvalue weighted by molar-refractivity contribution is -0.144. The van der Waals surface area contributed by atoms with E-state index in [-0.39, 0.29) is 36.0 Å². The first kappa shape index (κ1) is 21.9. The molecule has 6 nitrogen and oxygen atoms in total. The predicted molar refractivity (Wildman–Crippen MR) is 119 cm³/mol. The number of nitrogens with one attached hydrogen (secondary N) is 1. The van der Waals surface area contributed by atoms with Crippen molar-refractivity contribution in [2.75, 3.05) is 22.6 Å². The summed E-state index contributed by atoms with van der Waals surface area (Å²) in [6, 6.07) is 15.6. The second-order valence-electron chi connectivity index (χ2n) is 6.92. The van der Waals surface area contributed by atoms with Crippen LogP contribution >= 0.6 is 11.8 Å². The van der Waals surface area contributed by atoms with Crippen molar-refractivity contribution in [3.63, 3.8) is 0 Å². The molecule has 0 unspecified atom stereocenters. The van der Waals surface area contributed by atoms with Gasteiger partial charge in [0.2, 0.25) is 11.8 Å². The van der Waals surface area contributed by atoms with Gasteiger partial charge in [0.15, 0.2) is 0 Å². The molecule has 1 aliphatic rings. The topological polar surface area (TPSA) is 75.7 Å². The molecule has 1 heterocycles. The van der Waals surface area contributed by atoms with Gasteiger partial charge in [0.05, 0.1) is 18.8 Å². The van der Waals surface area contributed by atoms with E-state index in [1.165, 1.54) is 5.56 Å². The number of rotatable bonds is 8. The number of thioether (sulfide) groups is 1. The third kappa shape index (κ3) is 5.42. The SMILES string of the molecule is CCOC(=O)CCC(=O)Nc1ccc([C@@H]2SCC(=O)N2c2ccc(CC)cc2)cc1. The van der Waals surface area contributed by atoms with E-state index in [9.17, 15) is 14.4 Å². The molecule has 0 aromatic heterocycles. The Morgan fingerprint density at radius 3 is 2.40 bits per heavy atom. The maximum atomic E-state index is 12.5. The van der Waals surface area contributed by atoms with Gasteiger partial charge in [0.25, 0.3) is 0 Å². The Kier molecular flexibility index (Phi) is 7.52. The van der Waals surface area contributed by atoms with Gasteiger partial charge in [-0.15, -0.1) is 11.8 Å². The van der Waals surface area contributed by atoms with E-state index in [2.05, 4.69) is 24.4 Å². The quantitative estimate of drug-likeness (QED) is 0.637. The molecule has 0 aliphatic carbocycles. The van der Waals surface area contributed by atoms with Gasteiger partial charge in [0.1, 0.15) is 5.37 Å². The fraction of sp³-hybridized carbons (Fsp3) is 0.348. The third-order valence-corrected chi connectivity index (χ3v) is 6.04. The van der Waals surface area contributed by atoms with Crippen molar-refractivity contribution in [2.45, 2.75) is 38.5 Å². The maximum Gasteiger partial charge on any atom is 0.306 e. The number of hydrogen-bond acceptors (Lipinski definition) is 5. The number of nitrogens with zero attached hydrogens (tertiary/aromatic N) is 1. The Hall–Kier alpha value is -2.80. The molecule has 2 aromatic rings. The van der Waals surface area contributed by atoms with Gasteiger partial charge in [-0.3, -0.25) is 19.3 Å². The molecule has 0 radical (unpaired) electrons. The first-order chi connectivity index (χ1) is 14.5. The van der Waals surface area contributed by atoms with Crippen LogP contribution in [0.3, 0.4) is 0 Å². The van der Waals surface area contributed by atoms with Crippen molar-refractivity contribution >= 4 is 40.9 Å². The molecule has 0 spiro atoms. The Bertz CT molecular complexity index is 896. The standard InChI is InChI=1S/C23H26N2O4S/c1-3-16-5-11-19(12-6-16)25-21(27)15-30-23(25)17-7-9-18(10-8-17)24-20(26)13-14-22(28)29-4-2/h5-12,23H,3-4,13-15H2,1-2H3,(H,24,26)/t23-/m0/s1. The molecule has 0 bridgehead atoms. The van der Waals surface area contributed by atoms with E-state index in [1.54, 1.807) is 18.7 Å². The van der Waals surface area contributed by atoms with E-state index in [4.69, 9.17) is 4.74 Å². The van der Waals surface area contributed by atoms with Crippen LogP contribution in [0.2, 0.25) is 0 Å². The molecule has 1 atom stereocenters. The second-order valence-corrected chi connectivity index (χ2v) is 7.99. The van der Waals surface area contributed by atoms with E-state index in [0.29, 0.717) is 18.0 Å². The summed E-state index contributed by atoms with van der Waals surface area (Å²) in [4.78, 5) is 37.7. The summed E-state index contributed by atoms with van der Waals surface area (Å²) >= 11 is 1.59. The van der Waals surface area contributed by atoms with Crippen LogP contribution < -0.4 is 10.2 Å². The normalized spacial score (nSPS) is 15.9. The summed E-state index contributed by atoms with van der Waals surface area (Å²) < 4.78 is 4.83. The summed E-state index contributed by atoms with van der Waals surface area (Å²) in [6.07, 6.45) is 1.10. The minimum absolute atomic E-state index is 0.0599. The van der Waals surface area contributed by atoms with Gasteiger partial charge in [-0.25, -0.2) is 0 Å². The fourth-order valence-corrected chi connectivity index (χ4v) is 4.42. The first-order valence-corrected chi connectivity index (χ1v) is 11.1. The first-order valence-electron chi connectivity index (χ1n) is 10.1. The molecule has 2 aromatic carbocycles. The van der Waals surface area contributed by atoms with E-state index in [0.717, 1.165) is 17.7 Å². The molecule has 1 N–H and O–H groups in total. The van der Waals surface area contributed by atoms with Crippen LogP contribution in [0.4, 0.5) is 11.4 Å². The summed E-state index contributed by atoms with van der Waals surface area (Å²) in [7, 11) is 0. The average Bonchev–Trinajstić information content (AvgIpc) is 3.14. The van der Waals surface area contributed by atoms with Gasteiger partial charge in [-0.05, 0) is 48.7 Å². The Balaban J connectivity index is 1.65. The molecular formula is C23H26N2O4S. The molecule has 7 heteroatoms. The minimum atomic E-state index is -0.377. The summed E-state index contributed by atoms with van der Waals surface area (Å²) in [6.45, 7) is 4.15. The van der Waals surface area contributed by atoms with Crippen molar-refractivity contribution in [3.8, 4) is 0 Å². The number of ether oxygens (including phenoxy) is 1. The van der Waals surface area contributed by atoms with Crippen LogP contribution in [-0.4, -0.2) is 30.1 Å². The van der Waals surface area contributed by atoms with Crippen LogP contribution in [0.25, 0.3) is 0 Å². The highest BCUT2D eigenvalue weighted by molar-refractivity contribution is 8.00.